The van der Waals surface area contributed by atoms with Gasteiger partial charge in [0.15, 0.2) is 0 Å². The molecule has 98 valence electrons. The van der Waals surface area contributed by atoms with Gasteiger partial charge in [-0.25, -0.2) is 0 Å². The molecule has 0 fully saturated rings. The van der Waals surface area contributed by atoms with Gasteiger partial charge in [-0.3, -0.25) is 0 Å². The summed E-state index contributed by atoms with van der Waals surface area (Å²) in [6, 6.07) is 13.3. The molecule has 3 heteroatoms. The second-order valence-corrected chi connectivity index (χ2v) is 6.81. The topological polar surface area (TPSA) is 0 Å². The third-order valence-corrected chi connectivity index (χ3v) is 5.33. The average Bonchev–Trinajstić information content (AvgIpc) is 2.39. The molecule has 0 amide bonds. The minimum absolute atomic E-state index is 0.245. The first-order valence-corrected chi connectivity index (χ1v) is 7.58. The molecular formula is C16H15F2Sb. The van der Waals surface area contributed by atoms with Crippen molar-refractivity contribution in [2.45, 2.75) is 23.1 Å². The summed E-state index contributed by atoms with van der Waals surface area (Å²) in [5, 5.41) is 0. The Balaban J connectivity index is 2.54. The van der Waals surface area contributed by atoms with Crippen molar-refractivity contribution in [3.63, 3.8) is 0 Å². The number of halogens is 2. The summed E-state index contributed by atoms with van der Waals surface area (Å²) in [5.41, 5.74) is 1.82. The molecule has 0 atom stereocenters. The van der Waals surface area contributed by atoms with Gasteiger partial charge in [-0.05, 0) is 0 Å². The van der Waals surface area contributed by atoms with E-state index in [1.54, 1.807) is 47.3 Å². The molecule has 2 aromatic rings. The van der Waals surface area contributed by atoms with Crippen LogP contribution in [0.1, 0.15) is 30.9 Å². The van der Waals surface area contributed by atoms with Crippen molar-refractivity contribution < 1.29 is 8.78 Å². The van der Waals surface area contributed by atoms with E-state index in [0.29, 0.717) is 0 Å². The van der Waals surface area contributed by atoms with Crippen LogP contribution in [0.3, 0.4) is 0 Å². The molecule has 0 N–H and O–H groups in total. The summed E-state index contributed by atoms with van der Waals surface area (Å²) in [6.45, 7) is 2.09. The third kappa shape index (κ3) is 3.17. The zero-order valence-electron chi connectivity index (χ0n) is 10.7. The van der Waals surface area contributed by atoms with Gasteiger partial charge in [-0.15, -0.1) is 0 Å². The van der Waals surface area contributed by atoms with Crippen LogP contribution in [0.25, 0.3) is 0 Å². The van der Waals surface area contributed by atoms with Crippen LogP contribution < -0.4 is 0 Å². The van der Waals surface area contributed by atoms with E-state index in [0.717, 1.165) is 24.0 Å². The Hall–Kier alpha value is -0.882. The summed E-state index contributed by atoms with van der Waals surface area (Å²) in [6.07, 6.45) is 1.83. The van der Waals surface area contributed by atoms with Gasteiger partial charge in [0.2, 0.25) is 0 Å². The van der Waals surface area contributed by atoms with Crippen LogP contribution in [-0.4, -0.2) is 23.0 Å². The molecule has 19 heavy (non-hydrogen) atoms. The first-order chi connectivity index (χ1) is 9.06. The van der Waals surface area contributed by atoms with Gasteiger partial charge in [0.05, 0.1) is 0 Å². The summed E-state index contributed by atoms with van der Waals surface area (Å²) in [7, 11) is 0. The van der Waals surface area contributed by atoms with E-state index < -0.39 is 0 Å². The second-order valence-electron chi connectivity index (χ2n) is 4.63. The quantitative estimate of drug-likeness (QED) is 0.712. The number of hydrogen-bond acceptors (Lipinski definition) is 0. The SMILES string of the molecule is CCC[C]([Sb])(c1cccc(F)c1)c1cccc(F)c1. The van der Waals surface area contributed by atoms with Crippen LogP contribution in [0.2, 0.25) is 0 Å². The fraction of sp³-hybridized carbons (Fsp3) is 0.250. The summed E-state index contributed by atoms with van der Waals surface area (Å²) >= 11 is 1.60. The van der Waals surface area contributed by atoms with E-state index >= 15 is 0 Å². The Kier molecular flexibility index (Phi) is 4.62. The van der Waals surface area contributed by atoms with E-state index in [-0.39, 0.29) is 15.0 Å². The molecule has 2 radical (unpaired) electrons. The van der Waals surface area contributed by atoms with Gasteiger partial charge in [0.25, 0.3) is 0 Å². The number of benzene rings is 2. The Morgan fingerprint density at radius 1 is 0.947 bits per heavy atom. The number of hydrogen-bond donors (Lipinski definition) is 0. The molecule has 0 bridgehead atoms. The van der Waals surface area contributed by atoms with Crippen LogP contribution in [0, 0.1) is 11.6 Å². The van der Waals surface area contributed by atoms with Gasteiger partial charge >= 0.3 is 126 Å². The van der Waals surface area contributed by atoms with Gasteiger partial charge in [-0.1, -0.05) is 0 Å². The van der Waals surface area contributed by atoms with Crippen LogP contribution >= 0.6 is 0 Å². The molecule has 0 saturated carbocycles. The van der Waals surface area contributed by atoms with Gasteiger partial charge in [0, 0.05) is 0 Å². The minimum atomic E-state index is -0.312. The predicted octanol–water partition coefficient (Wildman–Crippen LogP) is 4.18. The third-order valence-electron chi connectivity index (χ3n) is 3.22. The van der Waals surface area contributed by atoms with E-state index in [4.69, 9.17) is 0 Å². The molecule has 0 aromatic heterocycles. The van der Waals surface area contributed by atoms with Gasteiger partial charge in [0.1, 0.15) is 0 Å². The Labute approximate surface area is 126 Å². The average molecular weight is 367 g/mol. The standard InChI is InChI=1S/C16H15F2.Sb/c1-2-5-16(12-6-3-8-14(17)10-12)13-7-4-9-15(18)11-13;/h3-4,6-11H,2,5H2,1H3;. The van der Waals surface area contributed by atoms with Gasteiger partial charge in [-0.2, -0.15) is 0 Å². The van der Waals surface area contributed by atoms with Crippen molar-refractivity contribution in [1.82, 2.24) is 0 Å². The molecule has 0 saturated heterocycles. The molecule has 0 spiro atoms. The molecule has 0 aliphatic rings. The zero-order chi connectivity index (χ0) is 13.9. The maximum atomic E-state index is 13.5. The van der Waals surface area contributed by atoms with Crippen molar-refractivity contribution >= 4 is 23.0 Å². The Morgan fingerprint density at radius 3 is 1.79 bits per heavy atom. The van der Waals surface area contributed by atoms with Crippen LogP contribution in [0.5, 0.6) is 0 Å². The van der Waals surface area contributed by atoms with E-state index in [2.05, 4.69) is 6.92 Å². The molecule has 0 aliphatic heterocycles. The first kappa shape index (κ1) is 14.5. The first-order valence-electron chi connectivity index (χ1n) is 6.30. The molecule has 2 aromatic carbocycles. The monoisotopic (exact) mass is 366 g/mol. The van der Waals surface area contributed by atoms with Crippen molar-refractivity contribution in [2.24, 2.45) is 0 Å². The molecule has 0 aliphatic carbocycles. The van der Waals surface area contributed by atoms with Crippen molar-refractivity contribution in [1.29, 1.82) is 0 Å². The van der Waals surface area contributed by atoms with Crippen LogP contribution in [-0.2, 0) is 3.36 Å². The summed E-state index contributed by atoms with van der Waals surface area (Å²) in [5.74, 6) is -0.491. The maximum absolute atomic E-state index is 13.5. The van der Waals surface area contributed by atoms with E-state index in [1.165, 1.54) is 12.1 Å². The van der Waals surface area contributed by atoms with Crippen molar-refractivity contribution in [2.75, 3.05) is 0 Å². The molecule has 0 nitrogen and oxygen atoms in total. The zero-order valence-corrected chi connectivity index (χ0v) is 13.3. The van der Waals surface area contributed by atoms with Gasteiger partial charge < -0.3 is 0 Å². The van der Waals surface area contributed by atoms with Crippen molar-refractivity contribution in [3.05, 3.63) is 71.3 Å². The van der Waals surface area contributed by atoms with Crippen molar-refractivity contribution in [3.8, 4) is 0 Å². The van der Waals surface area contributed by atoms with E-state index in [9.17, 15) is 8.78 Å². The van der Waals surface area contributed by atoms with E-state index in [1.807, 2.05) is 12.1 Å². The molecule has 2 rings (SSSR count). The molecule has 0 heterocycles. The Bertz CT molecular complexity index is 521. The fourth-order valence-corrected chi connectivity index (χ4v) is 3.74. The number of rotatable bonds is 4. The predicted molar refractivity (Wildman–Crippen MR) is 74.2 cm³/mol. The summed E-state index contributed by atoms with van der Waals surface area (Å²) in [4.78, 5) is 0. The molecular weight excluding hydrogens is 352 g/mol. The molecule has 0 unspecified atom stereocenters. The second kappa shape index (κ2) is 6.05. The van der Waals surface area contributed by atoms with Crippen LogP contribution in [0.4, 0.5) is 8.78 Å². The fourth-order valence-electron chi connectivity index (χ4n) is 2.31. The van der Waals surface area contributed by atoms with Crippen LogP contribution in [0.15, 0.2) is 48.5 Å². The Morgan fingerprint density at radius 2 is 1.42 bits per heavy atom. The summed E-state index contributed by atoms with van der Waals surface area (Å²) < 4.78 is 26.6. The normalized spacial score (nSPS) is 11.6.